The Bertz CT molecular complexity index is 512. The van der Waals surface area contributed by atoms with Crippen molar-refractivity contribution in [3.8, 4) is 5.75 Å². The molecule has 4 nitrogen and oxygen atoms in total. The van der Waals surface area contributed by atoms with Gasteiger partial charge in [0, 0.05) is 23.5 Å². The zero-order valence-electron chi connectivity index (χ0n) is 10.6. The van der Waals surface area contributed by atoms with Crippen molar-refractivity contribution >= 4 is 0 Å². The molecule has 0 saturated carbocycles. The van der Waals surface area contributed by atoms with Gasteiger partial charge >= 0.3 is 0 Å². The molecule has 4 heteroatoms. The maximum Gasteiger partial charge on any atom is 0.166 e. The van der Waals surface area contributed by atoms with E-state index in [1.807, 2.05) is 44.2 Å². The number of para-hydroxylation sites is 1. The summed E-state index contributed by atoms with van der Waals surface area (Å²) in [6, 6.07) is 9.58. The Balaban J connectivity index is 2.05. The smallest absolute Gasteiger partial charge is 0.166 e. The van der Waals surface area contributed by atoms with Crippen LogP contribution in [0.15, 0.2) is 36.5 Å². The number of nitrogens with zero attached hydrogens (tertiary/aromatic N) is 2. The van der Waals surface area contributed by atoms with E-state index >= 15 is 0 Å². The van der Waals surface area contributed by atoms with Gasteiger partial charge in [0.15, 0.2) is 5.82 Å². The fourth-order valence-electron chi connectivity index (χ4n) is 1.71. The zero-order chi connectivity index (χ0) is 13.0. The van der Waals surface area contributed by atoms with Crippen molar-refractivity contribution in [2.75, 3.05) is 0 Å². The summed E-state index contributed by atoms with van der Waals surface area (Å²) < 4.78 is 5.59. The minimum absolute atomic E-state index is 0.0471. The van der Waals surface area contributed by atoms with Crippen LogP contribution >= 0.6 is 0 Å². The van der Waals surface area contributed by atoms with Crippen molar-refractivity contribution in [3.05, 3.63) is 53.6 Å². The van der Waals surface area contributed by atoms with Crippen LogP contribution in [-0.4, -0.2) is 9.97 Å². The molecule has 0 saturated heterocycles. The third-order valence-electron chi connectivity index (χ3n) is 2.67. The molecule has 0 spiro atoms. The van der Waals surface area contributed by atoms with E-state index in [1.165, 1.54) is 0 Å². The SMILES string of the molecule is Cc1nc(COc2ccccc2)ncc1[C@H](C)N. The van der Waals surface area contributed by atoms with Crippen molar-refractivity contribution in [1.82, 2.24) is 9.97 Å². The van der Waals surface area contributed by atoms with Gasteiger partial charge in [0.1, 0.15) is 12.4 Å². The van der Waals surface area contributed by atoms with Crippen LogP contribution < -0.4 is 10.5 Å². The number of hydrogen-bond acceptors (Lipinski definition) is 4. The minimum atomic E-state index is -0.0471. The van der Waals surface area contributed by atoms with Gasteiger partial charge in [0.05, 0.1) is 0 Å². The van der Waals surface area contributed by atoms with Gasteiger partial charge in [-0.2, -0.15) is 0 Å². The lowest BCUT2D eigenvalue weighted by molar-refractivity contribution is 0.295. The van der Waals surface area contributed by atoms with Crippen LogP contribution in [0.5, 0.6) is 5.75 Å². The number of ether oxygens (including phenoxy) is 1. The molecule has 0 unspecified atom stereocenters. The summed E-state index contributed by atoms with van der Waals surface area (Å²) in [5.41, 5.74) is 7.70. The first-order valence-electron chi connectivity index (χ1n) is 5.92. The summed E-state index contributed by atoms with van der Waals surface area (Å²) in [6.07, 6.45) is 1.77. The lowest BCUT2D eigenvalue weighted by Gasteiger charge is -2.10. The van der Waals surface area contributed by atoms with E-state index in [0.717, 1.165) is 17.0 Å². The molecule has 0 bridgehead atoms. The number of nitrogens with two attached hydrogens (primary N) is 1. The van der Waals surface area contributed by atoms with E-state index in [4.69, 9.17) is 10.5 Å². The van der Waals surface area contributed by atoms with Crippen molar-refractivity contribution in [2.24, 2.45) is 5.73 Å². The maximum absolute atomic E-state index is 5.82. The zero-order valence-corrected chi connectivity index (χ0v) is 10.6. The van der Waals surface area contributed by atoms with E-state index in [0.29, 0.717) is 12.4 Å². The van der Waals surface area contributed by atoms with Gasteiger partial charge in [0.2, 0.25) is 0 Å². The van der Waals surface area contributed by atoms with Gasteiger partial charge in [-0.1, -0.05) is 18.2 Å². The predicted molar refractivity (Wildman–Crippen MR) is 70.1 cm³/mol. The highest BCUT2D eigenvalue weighted by atomic mass is 16.5. The number of aromatic nitrogens is 2. The van der Waals surface area contributed by atoms with Gasteiger partial charge in [-0.25, -0.2) is 9.97 Å². The van der Waals surface area contributed by atoms with Crippen LogP contribution in [0.25, 0.3) is 0 Å². The molecule has 2 aromatic rings. The van der Waals surface area contributed by atoms with E-state index in [2.05, 4.69) is 9.97 Å². The second kappa shape index (κ2) is 5.60. The number of hydrogen-bond donors (Lipinski definition) is 1. The molecule has 1 aromatic carbocycles. The van der Waals surface area contributed by atoms with Gasteiger partial charge < -0.3 is 10.5 Å². The molecule has 18 heavy (non-hydrogen) atoms. The summed E-state index contributed by atoms with van der Waals surface area (Å²) in [5, 5.41) is 0. The third kappa shape index (κ3) is 3.05. The first-order valence-corrected chi connectivity index (χ1v) is 5.92. The largest absolute Gasteiger partial charge is 0.486 e. The minimum Gasteiger partial charge on any atom is -0.486 e. The molecule has 1 heterocycles. The molecule has 1 aromatic heterocycles. The van der Waals surface area contributed by atoms with E-state index in [-0.39, 0.29) is 6.04 Å². The lowest BCUT2D eigenvalue weighted by Crippen LogP contribution is -2.11. The van der Waals surface area contributed by atoms with Gasteiger partial charge in [-0.3, -0.25) is 0 Å². The third-order valence-corrected chi connectivity index (χ3v) is 2.67. The summed E-state index contributed by atoms with van der Waals surface area (Å²) in [5.74, 6) is 1.48. The Morgan fingerprint density at radius 1 is 1.28 bits per heavy atom. The highest BCUT2D eigenvalue weighted by Gasteiger charge is 2.07. The number of benzene rings is 1. The Labute approximate surface area is 107 Å². The van der Waals surface area contributed by atoms with Gasteiger partial charge in [0.25, 0.3) is 0 Å². The molecule has 0 aliphatic carbocycles. The molecule has 2 N–H and O–H groups in total. The molecular weight excluding hydrogens is 226 g/mol. The Hall–Kier alpha value is -1.94. The van der Waals surface area contributed by atoms with E-state index in [9.17, 15) is 0 Å². The molecule has 0 amide bonds. The fraction of sp³-hybridized carbons (Fsp3) is 0.286. The Kier molecular flexibility index (Phi) is 3.89. The van der Waals surface area contributed by atoms with E-state index in [1.54, 1.807) is 6.20 Å². The van der Waals surface area contributed by atoms with Crippen LogP contribution in [0.4, 0.5) is 0 Å². The molecular formula is C14H17N3O. The van der Waals surface area contributed by atoms with Crippen molar-refractivity contribution < 1.29 is 4.74 Å². The highest BCUT2D eigenvalue weighted by Crippen LogP contribution is 2.13. The van der Waals surface area contributed by atoms with Crippen molar-refractivity contribution in [3.63, 3.8) is 0 Å². The quantitative estimate of drug-likeness (QED) is 0.895. The van der Waals surface area contributed by atoms with Crippen LogP contribution in [0, 0.1) is 6.92 Å². The second-order valence-electron chi connectivity index (χ2n) is 4.22. The topological polar surface area (TPSA) is 61.0 Å². The number of aryl methyl sites for hydroxylation is 1. The summed E-state index contributed by atoms with van der Waals surface area (Å²) in [6.45, 7) is 4.22. The molecule has 0 radical (unpaired) electrons. The molecule has 94 valence electrons. The first kappa shape index (κ1) is 12.5. The monoisotopic (exact) mass is 243 g/mol. The summed E-state index contributed by atoms with van der Waals surface area (Å²) in [4.78, 5) is 8.65. The molecule has 0 fully saturated rings. The van der Waals surface area contributed by atoms with Crippen LogP contribution in [0.1, 0.15) is 30.0 Å². The summed E-state index contributed by atoms with van der Waals surface area (Å²) in [7, 11) is 0. The van der Waals surface area contributed by atoms with Crippen molar-refractivity contribution in [1.29, 1.82) is 0 Å². The van der Waals surface area contributed by atoms with Crippen LogP contribution in [-0.2, 0) is 6.61 Å². The first-order chi connectivity index (χ1) is 8.66. The van der Waals surface area contributed by atoms with Crippen LogP contribution in [0.3, 0.4) is 0 Å². The summed E-state index contributed by atoms with van der Waals surface area (Å²) >= 11 is 0. The van der Waals surface area contributed by atoms with Gasteiger partial charge in [-0.05, 0) is 26.0 Å². The Morgan fingerprint density at radius 3 is 2.61 bits per heavy atom. The molecule has 1 atom stereocenters. The average Bonchev–Trinajstić information content (AvgIpc) is 2.37. The Morgan fingerprint density at radius 2 is 2.00 bits per heavy atom. The lowest BCUT2D eigenvalue weighted by atomic mass is 10.1. The van der Waals surface area contributed by atoms with Crippen molar-refractivity contribution in [2.45, 2.75) is 26.5 Å². The molecule has 0 aliphatic heterocycles. The number of rotatable bonds is 4. The predicted octanol–water partition coefficient (Wildman–Crippen LogP) is 2.38. The fourth-order valence-corrected chi connectivity index (χ4v) is 1.71. The van der Waals surface area contributed by atoms with Crippen LogP contribution in [0.2, 0.25) is 0 Å². The maximum atomic E-state index is 5.82. The second-order valence-corrected chi connectivity index (χ2v) is 4.22. The standard InChI is InChI=1S/C14H17N3O/c1-10(15)13-8-16-14(17-11(13)2)9-18-12-6-4-3-5-7-12/h3-8,10H,9,15H2,1-2H3/t10-/m0/s1. The highest BCUT2D eigenvalue weighted by molar-refractivity contribution is 5.22. The average molecular weight is 243 g/mol. The van der Waals surface area contributed by atoms with Gasteiger partial charge in [-0.15, -0.1) is 0 Å². The normalized spacial score (nSPS) is 12.2. The molecule has 2 rings (SSSR count). The van der Waals surface area contributed by atoms with E-state index < -0.39 is 0 Å². The molecule has 0 aliphatic rings.